The van der Waals surface area contributed by atoms with Gasteiger partial charge in [0.05, 0.1) is 6.61 Å². The number of hydrogen-bond acceptors (Lipinski definition) is 11. The van der Waals surface area contributed by atoms with Crippen molar-refractivity contribution in [3.05, 3.63) is 57.7 Å². The Morgan fingerprint density at radius 2 is 1.68 bits per heavy atom. The first-order chi connectivity index (χ1) is 24.5. The lowest BCUT2D eigenvalue weighted by molar-refractivity contribution is -0.176. The number of ether oxygens (including phenoxy) is 4. The third kappa shape index (κ3) is 8.70. The van der Waals surface area contributed by atoms with E-state index in [0.29, 0.717) is 25.1 Å². The Kier molecular flexibility index (Phi) is 11.1. The summed E-state index contributed by atoms with van der Waals surface area (Å²) in [4.78, 5) is 67.7. The number of carbonyl (C=O) groups excluding carboxylic acids is 5. The Morgan fingerprint density at radius 3 is 2.28 bits per heavy atom. The van der Waals surface area contributed by atoms with Gasteiger partial charge in [0, 0.05) is 50.0 Å². The van der Waals surface area contributed by atoms with Gasteiger partial charge in [0.1, 0.15) is 56.8 Å². The quantitative estimate of drug-likeness (QED) is 0.116. The maximum absolute atomic E-state index is 14.0. The van der Waals surface area contributed by atoms with Crippen LogP contribution in [-0.4, -0.2) is 80.4 Å². The molecule has 0 aromatic heterocycles. The zero-order chi connectivity index (χ0) is 39.3. The number of hydrogen-bond donors (Lipinski definition) is 2. The smallest absolute Gasteiger partial charge is 0.408 e. The summed E-state index contributed by atoms with van der Waals surface area (Å²) in [7, 11) is -4.48. The van der Waals surface area contributed by atoms with E-state index in [1.807, 2.05) is 64.4 Å². The lowest BCUT2D eigenvalue weighted by Crippen LogP contribution is -2.56. The van der Waals surface area contributed by atoms with Crippen LogP contribution in [0.2, 0.25) is 39.3 Å². The summed E-state index contributed by atoms with van der Waals surface area (Å²) in [5.74, 6) is -0.162. The van der Waals surface area contributed by atoms with Crippen LogP contribution in [0.25, 0.3) is 6.08 Å². The molecule has 2 N–H and O–H groups in total. The molecule has 0 saturated carbocycles. The van der Waals surface area contributed by atoms with Crippen LogP contribution >= 0.6 is 0 Å². The lowest BCUT2D eigenvalue weighted by atomic mass is 9.70. The fraction of sp³-hybridized carbons (Fsp3) is 0.564. The van der Waals surface area contributed by atoms with Crippen LogP contribution < -0.4 is 15.4 Å². The van der Waals surface area contributed by atoms with Crippen LogP contribution in [0.4, 0.5) is 4.79 Å². The number of nitrogens with zero attached hydrogens (tertiary/aromatic N) is 1. The van der Waals surface area contributed by atoms with Crippen LogP contribution in [0, 0.1) is 5.92 Å². The number of alkyl carbamates (subject to hydrolysis) is 1. The summed E-state index contributed by atoms with van der Waals surface area (Å²) in [6.45, 7) is 20.9. The SMILES string of the molecule is CCC1(OC(=O)CNC(=O)OC(C)(C)C)C2=C(COC1CC(=O)[Si](C)(C)C)C(CC(=O)[Si](C)(C)C)C1=C(C2)NC2=Cc3cc(OC(C)=O)ccc3CN21. The topological polar surface area (TPSA) is 150 Å². The van der Waals surface area contributed by atoms with E-state index in [0.717, 1.165) is 39.5 Å². The fourth-order valence-corrected chi connectivity index (χ4v) is 8.95. The molecule has 3 unspecified atom stereocenters. The van der Waals surface area contributed by atoms with Crippen molar-refractivity contribution in [1.29, 1.82) is 0 Å². The van der Waals surface area contributed by atoms with Gasteiger partial charge in [0.2, 0.25) is 0 Å². The molecule has 4 aliphatic rings. The molecule has 1 aromatic rings. The summed E-state index contributed by atoms with van der Waals surface area (Å²) in [5, 5.41) is 6.46. The van der Waals surface area contributed by atoms with Gasteiger partial charge in [-0.2, -0.15) is 0 Å². The summed E-state index contributed by atoms with van der Waals surface area (Å²) in [6, 6.07) is 5.58. The number of benzene rings is 1. The fourth-order valence-electron chi connectivity index (χ4n) is 7.34. The van der Waals surface area contributed by atoms with Gasteiger partial charge < -0.3 is 44.1 Å². The van der Waals surface area contributed by atoms with Crippen LogP contribution in [0.3, 0.4) is 0 Å². The number of carbonyl (C=O) groups is 5. The van der Waals surface area contributed by atoms with E-state index in [1.54, 1.807) is 26.8 Å². The van der Waals surface area contributed by atoms with Crippen molar-refractivity contribution >= 4 is 51.1 Å². The standard InChI is InChI=1S/C39H55N3O9Si2/c1-12-39(50-33(44)20-40-37(47)51-38(3,4)5)29-18-30-36(42-21-24-13-14-26(49-23(2)43)15-25(24)16-32(42)41-30)27(17-34(45)52(6,7)8)28(29)22-48-31(39)19-35(46)53(9,10)11/h13-16,27,31,41H,12,17-22H2,1-11H3,(H,40,47). The van der Waals surface area contributed by atoms with Crippen molar-refractivity contribution < 1.29 is 42.9 Å². The van der Waals surface area contributed by atoms with Crippen molar-refractivity contribution in [3.63, 3.8) is 0 Å². The van der Waals surface area contributed by atoms with Gasteiger partial charge in [0.15, 0.2) is 5.60 Å². The highest BCUT2D eigenvalue weighted by molar-refractivity contribution is 7.03. The minimum absolute atomic E-state index is 0.0716. The van der Waals surface area contributed by atoms with E-state index < -0.39 is 58.0 Å². The molecule has 1 amide bonds. The summed E-state index contributed by atoms with van der Waals surface area (Å²) in [5.41, 5.74) is 3.47. The zero-order valence-corrected chi connectivity index (χ0v) is 35.0. The molecule has 0 bridgehead atoms. The highest BCUT2D eigenvalue weighted by Crippen LogP contribution is 2.52. The maximum atomic E-state index is 14.0. The number of nitrogens with one attached hydrogen (secondary N) is 2. The Labute approximate surface area is 314 Å². The van der Waals surface area contributed by atoms with E-state index in [4.69, 9.17) is 18.9 Å². The third-order valence-corrected chi connectivity index (χ3v) is 13.9. The summed E-state index contributed by atoms with van der Waals surface area (Å²) >= 11 is 0. The number of rotatable bonds is 11. The van der Waals surface area contributed by atoms with E-state index in [2.05, 4.69) is 15.5 Å². The average Bonchev–Trinajstić information content (AvgIpc) is 3.38. The number of esters is 2. The van der Waals surface area contributed by atoms with Crippen LogP contribution in [-0.2, 0) is 39.9 Å². The van der Waals surface area contributed by atoms with Gasteiger partial charge in [-0.1, -0.05) is 52.3 Å². The highest BCUT2D eigenvalue weighted by Gasteiger charge is 2.55. The van der Waals surface area contributed by atoms with Crippen molar-refractivity contribution in [2.75, 3.05) is 13.2 Å². The Hall–Kier alpha value is -4.02. The summed E-state index contributed by atoms with van der Waals surface area (Å²) < 4.78 is 23.8. The van der Waals surface area contributed by atoms with Gasteiger partial charge in [-0.3, -0.25) is 9.59 Å². The van der Waals surface area contributed by atoms with Crippen LogP contribution in [0.15, 0.2) is 46.6 Å². The molecule has 1 aromatic carbocycles. The second kappa shape index (κ2) is 14.7. The zero-order valence-electron chi connectivity index (χ0n) is 33.0. The molecule has 0 saturated heterocycles. The number of allylic oxidation sites excluding steroid dienone is 2. The number of fused-ring (bicyclic) bond motifs is 3. The van der Waals surface area contributed by atoms with Gasteiger partial charge >= 0.3 is 18.0 Å². The van der Waals surface area contributed by atoms with Gasteiger partial charge in [-0.15, -0.1) is 0 Å². The predicted molar refractivity (Wildman–Crippen MR) is 206 cm³/mol. The molecule has 3 atom stereocenters. The van der Waals surface area contributed by atoms with Crippen molar-refractivity contribution in [1.82, 2.24) is 15.5 Å². The van der Waals surface area contributed by atoms with Gasteiger partial charge in [0.25, 0.3) is 0 Å². The largest absolute Gasteiger partial charge is 0.450 e. The number of amides is 1. The molecule has 3 heterocycles. The third-order valence-electron chi connectivity index (χ3n) is 10.2. The Balaban J connectivity index is 1.57. The van der Waals surface area contributed by atoms with E-state index >= 15 is 0 Å². The molecular formula is C39H55N3O9Si2. The first-order valence-corrected chi connectivity index (χ1v) is 25.4. The molecule has 5 rings (SSSR count). The van der Waals surface area contributed by atoms with E-state index in [9.17, 15) is 24.0 Å². The van der Waals surface area contributed by atoms with Crippen molar-refractivity contribution in [2.45, 2.75) is 123 Å². The lowest BCUT2D eigenvalue weighted by Gasteiger charge is -2.49. The predicted octanol–water partition coefficient (Wildman–Crippen LogP) is 6.15. The normalized spacial score (nSPS) is 22.4. The van der Waals surface area contributed by atoms with Crippen molar-refractivity contribution in [2.24, 2.45) is 5.92 Å². The molecule has 12 nitrogen and oxygen atoms in total. The van der Waals surface area contributed by atoms with E-state index in [-0.39, 0.29) is 36.2 Å². The molecular weight excluding hydrogens is 711 g/mol. The van der Waals surface area contributed by atoms with Gasteiger partial charge in [-0.05, 0) is 67.7 Å². The minimum Gasteiger partial charge on any atom is -0.450 e. The second-order valence-electron chi connectivity index (χ2n) is 17.4. The monoisotopic (exact) mass is 765 g/mol. The van der Waals surface area contributed by atoms with Crippen molar-refractivity contribution in [3.8, 4) is 5.75 Å². The van der Waals surface area contributed by atoms with Crippen LogP contribution in [0.1, 0.15) is 71.4 Å². The first kappa shape index (κ1) is 40.2. The maximum Gasteiger partial charge on any atom is 0.408 e. The second-order valence-corrected chi connectivity index (χ2v) is 27.5. The molecule has 14 heteroatoms. The van der Waals surface area contributed by atoms with Crippen LogP contribution in [0.5, 0.6) is 5.75 Å². The Bertz CT molecular complexity index is 1810. The molecule has 0 radical (unpaired) electrons. The summed E-state index contributed by atoms with van der Waals surface area (Å²) in [6.07, 6.45) is 1.52. The molecule has 0 spiro atoms. The molecule has 3 aliphatic heterocycles. The molecule has 1 aliphatic carbocycles. The average molecular weight is 766 g/mol. The molecule has 288 valence electrons. The first-order valence-electron chi connectivity index (χ1n) is 18.4. The molecule has 0 fully saturated rings. The Morgan fingerprint density at radius 1 is 1.02 bits per heavy atom. The van der Waals surface area contributed by atoms with E-state index in [1.165, 1.54) is 6.92 Å². The highest BCUT2D eigenvalue weighted by atomic mass is 28.3. The molecule has 53 heavy (non-hydrogen) atoms. The van der Waals surface area contributed by atoms with Gasteiger partial charge in [-0.25, -0.2) is 4.79 Å². The minimum atomic E-state index is -2.25.